The molecular weight excluding hydrogens is 278 g/mol. The third-order valence-electron chi connectivity index (χ3n) is 2.74. The number of halogens is 1. The molecule has 0 aromatic heterocycles. The minimum absolute atomic E-state index is 0.743. The van der Waals surface area contributed by atoms with Gasteiger partial charge in [0.15, 0.2) is 0 Å². The average molecular weight is 298 g/mol. The van der Waals surface area contributed by atoms with Crippen molar-refractivity contribution in [1.82, 2.24) is 0 Å². The standard InChI is InChI=1S/C14H20BrNO/c1-10-8-13(9-11(2)14(10)15)17-7-5-6-12(3)16-4/h8-9H,5-7H2,1-4H3. The highest BCUT2D eigenvalue weighted by Crippen LogP contribution is 2.26. The van der Waals surface area contributed by atoms with E-state index in [1.54, 1.807) is 0 Å². The van der Waals surface area contributed by atoms with Gasteiger partial charge in [0, 0.05) is 17.2 Å². The van der Waals surface area contributed by atoms with Crippen molar-refractivity contribution in [3.8, 4) is 5.75 Å². The van der Waals surface area contributed by atoms with Gasteiger partial charge in [-0.3, -0.25) is 4.99 Å². The number of benzene rings is 1. The molecule has 0 aliphatic rings. The van der Waals surface area contributed by atoms with Crippen LogP contribution in [0.4, 0.5) is 0 Å². The molecule has 0 spiro atoms. The maximum Gasteiger partial charge on any atom is 0.119 e. The Kier molecular flexibility index (Phi) is 5.69. The van der Waals surface area contributed by atoms with Crippen LogP contribution in [0, 0.1) is 13.8 Å². The molecule has 0 saturated heterocycles. The number of ether oxygens (including phenoxy) is 1. The molecule has 0 N–H and O–H groups in total. The average Bonchev–Trinajstić information content (AvgIpc) is 2.31. The molecule has 0 aliphatic heterocycles. The topological polar surface area (TPSA) is 21.6 Å². The molecule has 0 heterocycles. The van der Waals surface area contributed by atoms with Crippen LogP contribution < -0.4 is 4.74 Å². The molecule has 0 bridgehead atoms. The lowest BCUT2D eigenvalue weighted by atomic mass is 10.1. The molecule has 0 atom stereocenters. The van der Waals surface area contributed by atoms with Crippen LogP contribution in [0.15, 0.2) is 21.6 Å². The van der Waals surface area contributed by atoms with Gasteiger partial charge in [0.25, 0.3) is 0 Å². The summed E-state index contributed by atoms with van der Waals surface area (Å²) in [4.78, 5) is 4.13. The van der Waals surface area contributed by atoms with Gasteiger partial charge in [-0.15, -0.1) is 0 Å². The van der Waals surface area contributed by atoms with Crippen molar-refractivity contribution in [2.45, 2.75) is 33.6 Å². The van der Waals surface area contributed by atoms with Gasteiger partial charge in [0.2, 0.25) is 0 Å². The zero-order chi connectivity index (χ0) is 12.8. The first-order valence-electron chi connectivity index (χ1n) is 5.86. The van der Waals surface area contributed by atoms with E-state index >= 15 is 0 Å². The summed E-state index contributed by atoms with van der Waals surface area (Å²) in [5, 5.41) is 0. The molecule has 94 valence electrons. The number of nitrogens with zero attached hydrogens (tertiary/aromatic N) is 1. The molecule has 17 heavy (non-hydrogen) atoms. The van der Waals surface area contributed by atoms with Crippen molar-refractivity contribution in [3.63, 3.8) is 0 Å². The van der Waals surface area contributed by atoms with Gasteiger partial charge in [0.1, 0.15) is 5.75 Å². The predicted octanol–water partition coefficient (Wildman–Crippen LogP) is 4.32. The van der Waals surface area contributed by atoms with Gasteiger partial charge in [-0.1, -0.05) is 15.9 Å². The van der Waals surface area contributed by atoms with Crippen LogP contribution >= 0.6 is 15.9 Å². The summed E-state index contributed by atoms with van der Waals surface area (Å²) < 4.78 is 6.91. The zero-order valence-corrected chi connectivity index (χ0v) is 12.6. The first-order valence-corrected chi connectivity index (χ1v) is 6.65. The number of aryl methyl sites for hydroxylation is 2. The Hall–Kier alpha value is -0.830. The first kappa shape index (κ1) is 14.2. The Morgan fingerprint density at radius 2 is 1.88 bits per heavy atom. The summed E-state index contributed by atoms with van der Waals surface area (Å²) in [6.45, 7) is 6.96. The minimum atomic E-state index is 0.743. The van der Waals surface area contributed by atoms with Gasteiger partial charge in [-0.25, -0.2) is 0 Å². The van der Waals surface area contributed by atoms with E-state index in [1.807, 2.05) is 14.0 Å². The van der Waals surface area contributed by atoms with Crippen LogP contribution in [0.2, 0.25) is 0 Å². The van der Waals surface area contributed by atoms with E-state index in [9.17, 15) is 0 Å². The lowest BCUT2D eigenvalue weighted by Gasteiger charge is -2.10. The van der Waals surface area contributed by atoms with Crippen LogP contribution in [0.25, 0.3) is 0 Å². The van der Waals surface area contributed by atoms with Crippen LogP contribution in [0.5, 0.6) is 5.75 Å². The highest BCUT2D eigenvalue weighted by Gasteiger charge is 2.03. The summed E-state index contributed by atoms with van der Waals surface area (Å²) in [5.74, 6) is 0.953. The van der Waals surface area contributed by atoms with Crippen LogP contribution in [-0.2, 0) is 0 Å². The maximum atomic E-state index is 5.74. The minimum Gasteiger partial charge on any atom is -0.494 e. The second kappa shape index (κ2) is 6.80. The first-order chi connectivity index (χ1) is 8.04. The summed E-state index contributed by atoms with van der Waals surface area (Å²) in [6.07, 6.45) is 2.02. The van der Waals surface area contributed by atoms with Gasteiger partial charge >= 0.3 is 0 Å². The van der Waals surface area contributed by atoms with E-state index in [4.69, 9.17) is 4.74 Å². The Bertz CT molecular complexity index is 390. The Morgan fingerprint density at radius 3 is 2.41 bits per heavy atom. The lowest BCUT2D eigenvalue weighted by Crippen LogP contribution is -2.01. The smallest absolute Gasteiger partial charge is 0.119 e. The largest absolute Gasteiger partial charge is 0.494 e. The van der Waals surface area contributed by atoms with Gasteiger partial charge in [0.05, 0.1) is 6.61 Å². The van der Waals surface area contributed by atoms with Gasteiger partial charge in [-0.05, 0) is 56.9 Å². The van der Waals surface area contributed by atoms with E-state index < -0.39 is 0 Å². The summed E-state index contributed by atoms with van der Waals surface area (Å²) >= 11 is 3.55. The van der Waals surface area contributed by atoms with Crippen molar-refractivity contribution in [3.05, 3.63) is 27.7 Å². The molecule has 0 amide bonds. The highest BCUT2D eigenvalue weighted by atomic mass is 79.9. The highest BCUT2D eigenvalue weighted by molar-refractivity contribution is 9.10. The third-order valence-corrected chi connectivity index (χ3v) is 3.99. The van der Waals surface area contributed by atoms with Crippen LogP contribution in [-0.4, -0.2) is 19.4 Å². The molecule has 0 saturated carbocycles. The van der Waals surface area contributed by atoms with Gasteiger partial charge in [-0.2, -0.15) is 0 Å². The van der Waals surface area contributed by atoms with Crippen LogP contribution in [0.1, 0.15) is 30.9 Å². The molecule has 1 rings (SSSR count). The quantitative estimate of drug-likeness (QED) is 0.586. The molecule has 0 radical (unpaired) electrons. The molecule has 0 fully saturated rings. The monoisotopic (exact) mass is 297 g/mol. The van der Waals surface area contributed by atoms with Crippen LogP contribution in [0.3, 0.4) is 0 Å². The van der Waals surface area contributed by atoms with Gasteiger partial charge < -0.3 is 4.74 Å². The van der Waals surface area contributed by atoms with E-state index in [1.165, 1.54) is 21.3 Å². The Balaban J connectivity index is 2.48. The molecule has 2 nitrogen and oxygen atoms in total. The Morgan fingerprint density at radius 1 is 1.29 bits per heavy atom. The summed E-state index contributed by atoms with van der Waals surface area (Å²) in [6, 6.07) is 4.13. The van der Waals surface area contributed by atoms with E-state index in [0.29, 0.717) is 0 Å². The van der Waals surface area contributed by atoms with E-state index in [-0.39, 0.29) is 0 Å². The molecule has 1 aromatic carbocycles. The third kappa shape index (κ3) is 4.50. The van der Waals surface area contributed by atoms with Crippen molar-refractivity contribution in [2.75, 3.05) is 13.7 Å². The second-order valence-electron chi connectivity index (χ2n) is 4.28. The number of hydrogen-bond acceptors (Lipinski definition) is 2. The van der Waals surface area contributed by atoms with Crippen molar-refractivity contribution >= 4 is 21.6 Å². The summed E-state index contributed by atoms with van der Waals surface area (Å²) in [7, 11) is 1.83. The Labute approximate surface area is 112 Å². The number of rotatable bonds is 5. The molecule has 0 aliphatic carbocycles. The number of aliphatic imine (C=N–C) groups is 1. The zero-order valence-electron chi connectivity index (χ0n) is 11.0. The normalized spacial score (nSPS) is 11.7. The molecule has 0 unspecified atom stereocenters. The van der Waals surface area contributed by atoms with Crippen molar-refractivity contribution < 1.29 is 4.74 Å². The fourth-order valence-corrected chi connectivity index (χ4v) is 1.85. The molecular formula is C14H20BrNO. The fourth-order valence-electron chi connectivity index (χ4n) is 1.62. The van der Waals surface area contributed by atoms with Crippen molar-refractivity contribution in [1.29, 1.82) is 0 Å². The lowest BCUT2D eigenvalue weighted by molar-refractivity contribution is 0.313. The summed E-state index contributed by atoms with van der Waals surface area (Å²) in [5.41, 5.74) is 3.61. The molecule has 3 heteroatoms. The molecule has 1 aromatic rings. The second-order valence-corrected chi connectivity index (χ2v) is 5.07. The predicted molar refractivity (Wildman–Crippen MR) is 77.4 cm³/mol. The van der Waals surface area contributed by atoms with E-state index in [2.05, 4.69) is 46.9 Å². The number of hydrogen-bond donors (Lipinski definition) is 0. The fraction of sp³-hybridized carbons (Fsp3) is 0.500. The maximum absolute atomic E-state index is 5.74. The van der Waals surface area contributed by atoms with E-state index in [0.717, 1.165) is 25.2 Å². The van der Waals surface area contributed by atoms with Crippen molar-refractivity contribution in [2.24, 2.45) is 4.99 Å². The SMILES string of the molecule is CN=C(C)CCCOc1cc(C)c(Br)c(C)c1.